The molecule has 2 rings (SSSR count). The molecule has 0 aliphatic heterocycles. The zero-order valence-electron chi connectivity index (χ0n) is 11.2. The fourth-order valence-corrected chi connectivity index (χ4v) is 2.81. The van der Waals surface area contributed by atoms with E-state index in [0.29, 0.717) is 0 Å². The second-order valence-corrected chi connectivity index (χ2v) is 6.38. The molecule has 0 N–H and O–H groups in total. The molecule has 9 heteroatoms. The van der Waals surface area contributed by atoms with Crippen molar-refractivity contribution in [2.45, 2.75) is 5.75 Å². The molecule has 0 atom stereocenters. The lowest BCUT2D eigenvalue weighted by Gasteiger charge is -2.05. The number of nitro groups is 1. The minimum absolute atomic E-state index is 0.193. The normalized spacial score (nSPS) is 11.1. The summed E-state index contributed by atoms with van der Waals surface area (Å²) in [5.41, 5.74) is -0.417. The Labute approximate surface area is 125 Å². The standard InChI is InChI=1S/C13H11NO7S/c15-13(9-22(18,19)8-10-4-3-7-20-10)21-12-6-2-1-5-11(12)14(16)17/h1-7H,8-9H2. The van der Waals surface area contributed by atoms with E-state index in [0.717, 1.165) is 6.07 Å². The second kappa shape index (κ2) is 6.39. The Morgan fingerprint density at radius 1 is 1.23 bits per heavy atom. The van der Waals surface area contributed by atoms with Crippen LogP contribution in [0, 0.1) is 10.1 Å². The number of benzene rings is 1. The topological polar surface area (TPSA) is 117 Å². The van der Waals surface area contributed by atoms with Gasteiger partial charge in [-0.15, -0.1) is 0 Å². The summed E-state index contributed by atoms with van der Waals surface area (Å²) in [7, 11) is -3.80. The van der Waals surface area contributed by atoms with Crippen molar-refractivity contribution in [1.29, 1.82) is 0 Å². The van der Waals surface area contributed by atoms with Gasteiger partial charge >= 0.3 is 11.7 Å². The van der Waals surface area contributed by atoms with Crippen LogP contribution >= 0.6 is 0 Å². The average Bonchev–Trinajstić information content (AvgIpc) is 2.90. The summed E-state index contributed by atoms with van der Waals surface area (Å²) in [6.07, 6.45) is 1.32. The number of nitro benzene ring substituents is 1. The summed E-state index contributed by atoms with van der Waals surface area (Å²) in [6, 6.07) is 8.20. The molecule has 0 amide bonds. The molecule has 1 heterocycles. The van der Waals surface area contributed by atoms with Crippen molar-refractivity contribution in [1.82, 2.24) is 0 Å². The summed E-state index contributed by atoms with van der Waals surface area (Å²) in [5, 5.41) is 10.8. The van der Waals surface area contributed by atoms with Crippen molar-refractivity contribution in [2.75, 3.05) is 5.75 Å². The third-order valence-corrected chi connectivity index (χ3v) is 3.97. The fourth-order valence-electron chi connectivity index (χ4n) is 1.69. The molecule has 1 aromatic carbocycles. The Bertz CT molecular complexity index is 780. The maximum Gasteiger partial charge on any atom is 0.326 e. The van der Waals surface area contributed by atoms with Gasteiger partial charge in [-0.1, -0.05) is 12.1 Å². The Kier molecular flexibility index (Phi) is 4.56. The Morgan fingerprint density at radius 2 is 1.95 bits per heavy atom. The van der Waals surface area contributed by atoms with Gasteiger partial charge in [0.1, 0.15) is 17.3 Å². The zero-order chi connectivity index (χ0) is 16.2. The third kappa shape index (κ3) is 4.16. The predicted octanol–water partition coefficient (Wildman–Crippen LogP) is 1.71. The highest BCUT2D eigenvalue weighted by atomic mass is 32.2. The average molecular weight is 325 g/mol. The van der Waals surface area contributed by atoms with Gasteiger partial charge in [0.2, 0.25) is 5.75 Å². The molecular weight excluding hydrogens is 314 g/mol. The lowest BCUT2D eigenvalue weighted by Crippen LogP contribution is -2.22. The molecule has 0 aliphatic carbocycles. The zero-order valence-corrected chi connectivity index (χ0v) is 12.0. The first-order chi connectivity index (χ1) is 10.4. The number of hydrogen-bond donors (Lipinski definition) is 0. The molecule has 2 aromatic rings. The van der Waals surface area contributed by atoms with E-state index in [2.05, 4.69) is 0 Å². The highest BCUT2D eigenvalue weighted by Crippen LogP contribution is 2.26. The van der Waals surface area contributed by atoms with Gasteiger partial charge in [0.25, 0.3) is 0 Å². The smallest absolute Gasteiger partial charge is 0.326 e. The molecule has 0 bridgehead atoms. The van der Waals surface area contributed by atoms with E-state index >= 15 is 0 Å². The van der Waals surface area contributed by atoms with Crippen LogP contribution in [0.3, 0.4) is 0 Å². The van der Waals surface area contributed by atoms with Gasteiger partial charge in [-0.3, -0.25) is 14.9 Å². The van der Waals surface area contributed by atoms with E-state index in [4.69, 9.17) is 9.15 Å². The molecule has 0 radical (unpaired) electrons. The number of esters is 1. The predicted molar refractivity (Wildman–Crippen MR) is 74.9 cm³/mol. The quantitative estimate of drug-likeness (QED) is 0.343. The van der Waals surface area contributed by atoms with E-state index in [-0.39, 0.29) is 11.5 Å². The van der Waals surface area contributed by atoms with Crippen LogP contribution < -0.4 is 4.74 Å². The summed E-state index contributed by atoms with van der Waals surface area (Å²) < 4.78 is 33.3. The SMILES string of the molecule is O=C(CS(=O)(=O)Cc1ccco1)Oc1ccccc1[N+](=O)[O-]. The minimum atomic E-state index is -3.80. The minimum Gasteiger partial charge on any atom is -0.468 e. The molecule has 0 aliphatic rings. The van der Waals surface area contributed by atoms with Crippen molar-refractivity contribution in [3.05, 3.63) is 58.5 Å². The first-order valence-corrected chi connectivity index (χ1v) is 7.86. The fraction of sp³-hybridized carbons (Fsp3) is 0.154. The van der Waals surface area contributed by atoms with Gasteiger partial charge in [0.05, 0.1) is 11.2 Å². The van der Waals surface area contributed by atoms with Gasteiger partial charge in [-0.25, -0.2) is 8.42 Å². The summed E-state index contributed by atoms with van der Waals surface area (Å²) in [6.45, 7) is 0. The Balaban J connectivity index is 2.06. The summed E-state index contributed by atoms with van der Waals surface area (Å²) >= 11 is 0. The van der Waals surface area contributed by atoms with Crippen LogP contribution in [0.4, 0.5) is 5.69 Å². The van der Waals surface area contributed by atoms with E-state index in [1.807, 2.05) is 0 Å². The highest BCUT2D eigenvalue weighted by Gasteiger charge is 2.23. The number of carbonyl (C=O) groups excluding carboxylic acids is 1. The molecule has 8 nitrogen and oxygen atoms in total. The number of nitrogens with zero attached hydrogens (tertiary/aromatic N) is 1. The molecule has 0 saturated carbocycles. The van der Waals surface area contributed by atoms with E-state index in [9.17, 15) is 23.3 Å². The molecule has 0 saturated heterocycles. The van der Waals surface area contributed by atoms with Crippen molar-refractivity contribution in [3.63, 3.8) is 0 Å². The molecule has 116 valence electrons. The summed E-state index contributed by atoms with van der Waals surface area (Å²) in [5.74, 6) is -2.56. The molecular formula is C13H11NO7S. The largest absolute Gasteiger partial charge is 0.468 e. The number of sulfone groups is 1. The van der Waals surface area contributed by atoms with Crippen LogP contribution in [0.15, 0.2) is 47.1 Å². The Hall–Kier alpha value is -2.68. The van der Waals surface area contributed by atoms with E-state index in [1.54, 1.807) is 0 Å². The van der Waals surface area contributed by atoms with Crippen LogP contribution in [0.1, 0.15) is 5.76 Å². The highest BCUT2D eigenvalue weighted by molar-refractivity contribution is 7.91. The van der Waals surface area contributed by atoms with Crippen molar-refractivity contribution < 1.29 is 27.3 Å². The van der Waals surface area contributed by atoms with Gasteiger partial charge in [-0.05, 0) is 18.2 Å². The van der Waals surface area contributed by atoms with Crippen LogP contribution in [0.25, 0.3) is 0 Å². The maximum atomic E-state index is 11.8. The molecule has 1 aromatic heterocycles. The van der Waals surface area contributed by atoms with Gasteiger partial charge < -0.3 is 9.15 Å². The van der Waals surface area contributed by atoms with Gasteiger partial charge in [0.15, 0.2) is 9.84 Å². The number of ether oxygens (including phenoxy) is 1. The van der Waals surface area contributed by atoms with Crippen LogP contribution in [0.2, 0.25) is 0 Å². The molecule has 0 unspecified atom stereocenters. The number of para-hydroxylation sites is 2. The van der Waals surface area contributed by atoms with Gasteiger partial charge in [-0.2, -0.15) is 0 Å². The van der Waals surface area contributed by atoms with Crippen molar-refractivity contribution in [3.8, 4) is 5.75 Å². The second-order valence-electron chi connectivity index (χ2n) is 4.31. The third-order valence-electron chi connectivity index (χ3n) is 2.57. The lowest BCUT2D eigenvalue weighted by molar-refractivity contribution is -0.385. The van der Waals surface area contributed by atoms with E-state index in [1.165, 1.54) is 36.6 Å². The van der Waals surface area contributed by atoms with Crippen molar-refractivity contribution >= 4 is 21.5 Å². The van der Waals surface area contributed by atoms with Gasteiger partial charge in [0, 0.05) is 6.07 Å². The van der Waals surface area contributed by atoms with E-state index < -0.39 is 37.9 Å². The number of furan rings is 1. The van der Waals surface area contributed by atoms with Crippen molar-refractivity contribution in [2.24, 2.45) is 0 Å². The first-order valence-electron chi connectivity index (χ1n) is 6.04. The van der Waals surface area contributed by atoms with Crippen LogP contribution in [-0.2, 0) is 20.4 Å². The number of carbonyl (C=O) groups is 1. The number of hydrogen-bond acceptors (Lipinski definition) is 7. The monoisotopic (exact) mass is 325 g/mol. The first kappa shape index (κ1) is 15.7. The van der Waals surface area contributed by atoms with Crippen LogP contribution in [-0.4, -0.2) is 25.1 Å². The lowest BCUT2D eigenvalue weighted by atomic mass is 10.3. The summed E-state index contributed by atoms with van der Waals surface area (Å²) in [4.78, 5) is 21.7. The molecule has 0 spiro atoms. The molecule has 22 heavy (non-hydrogen) atoms. The Morgan fingerprint density at radius 3 is 2.59 bits per heavy atom. The van der Waals surface area contributed by atoms with Crippen LogP contribution in [0.5, 0.6) is 5.75 Å². The number of rotatable bonds is 6. The maximum absolute atomic E-state index is 11.8. The molecule has 0 fully saturated rings.